The first-order valence-electron chi connectivity index (χ1n) is 8.30. The first-order chi connectivity index (χ1) is 10.7. The van der Waals surface area contributed by atoms with Crippen LogP contribution in [0.2, 0.25) is 0 Å². The van der Waals surface area contributed by atoms with Gasteiger partial charge >= 0.3 is 0 Å². The Bertz CT molecular complexity index is 484. The van der Waals surface area contributed by atoms with Crippen molar-refractivity contribution in [2.45, 2.75) is 56.8 Å². The van der Waals surface area contributed by atoms with Crippen LogP contribution in [0.5, 0.6) is 0 Å². The zero-order valence-electron chi connectivity index (χ0n) is 13.3. The molecule has 1 aliphatic carbocycles. The Balaban J connectivity index is 1.63. The predicted molar refractivity (Wildman–Crippen MR) is 83.2 cm³/mol. The minimum Gasteiger partial charge on any atom is -0.389 e. The Morgan fingerprint density at radius 1 is 1.32 bits per heavy atom. The molecule has 3 rings (SSSR count). The maximum atomic E-state index is 12.4. The Morgan fingerprint density at radius 2 is 2.09 bits per heavy atom. The fraction of sp³-hybridized carbons (Fsp3) is 0.750. The van der Waals surface area contributed by atoms with Crippen LogP contribution in [0.3, 0.4) is 0 Å². The SMILES string of the molecule is CN(C(=O)Cn1ccnc1)[C@@H]1CCC[C@@H](N2CCCC2)[C@@H]1O. The van der Waals surface area contributed by atoms with Crippen molar-refractivity contribution >= 4 is 5.91 Å². The van der Waals surface area contributed by atoms with Crippen molar-refractivity contribution in [2.24, 2.45) is 0 Å². The number of likely N-dealkylation sites (N-methyl/N-ethyl adjacent to an activating group) is 1. The highest BCUT2D eigenvalue weighted by molar-refractivity contribution is 5.76. The average Bonchev–Trinajstić information content (AvgIpc) is 3.20. The van der Waals surface area contributed by atoms with Crippen LogP contribution >= 0.6 is 0 Å². The van der Waals surface area contributed by atoms with Gasteiger partial charge in [0.15, 0.2) is 0 Å². The van der Waals surface area contributed by atoms with Gasteiger partial charge < -0.3 is 14.6 Å². The highest BCUT2D eigenvalue weighted by Gasteiger charge is 2.39. The fourth-order valence-electron chi connectivity index (χ4n) is 3.86. The van der Waals surface area contributed by atoms with Crippen molar-refractivity contribution in [3.8, 4) is 0 Å². The summed E-state index contributed by atoms with van der Waals surface area (Å²) in [5.74, 6) is 0.0316. The molecule has 3 atom stereocenters. The minimum absolute atomic E-state index is 0.0316. The van der Waals surface area contributed by atoms with E-state index in [0.717, 1.165) is 32.4 Å². The number of hydrogen-bond donors (Lipinski definition) is 1. The molecule has 0 radical (unpaired) electrons. The topological polar surface area (TPSA) is 61.6 Å². The summed E-state index contributed by atoms with van der Waals surface area (Å²) in [7, 11) is 1.82. The molecule has 2 aliphatic rings. The van der Waals surface area contributed by atoms with Crippen molar-refractivity contribution in [1.29, 1.82) is 0 Å². The zero-order valence-corrected chi connectivity index (χ0v) is 13.3. The predicted octanol–water partition coefficient (Wildman–Crippen LogP) is 0.719. The molecule has 2 fully saturated rings. The van der Waals surface area contributed by atoms with Crippen LogP contribution in [0.15, 0.2) is 18.7 Å². The zero-order chi connectivity index (χ0) is 15.5. The number of aliphatic hydroxyl groups excluding tert-OH is 1. The third-order valence-electron chi connectivity index (χ3n) is 5.17. The van der Waals surface area contributed by atoms with E-state index in [1.54, 1.807) is 28.2 Å². The van der Waals surface area contributed by atoms with E-state index in [4.69, 9.17) is 0 Å². The number of likely N-dealkylation sites (tertiary alicyclic amines) is 1. The third kappa shape index (κ3) is 3.17. The highest BCUT2D eigenvalue weighted by Crippen LogP contribution is 2.29. The molecule has 1 saturated heterocycles. The molecule has 6 nitrogen and oxygen atoms in total. The van der Waals surface area contributed by atoms with Crippen molar-refractivity contribution in [3.05, 3.63) is 18.7 Å². The Kier molecular flexibility index (Phi) is 4.78. The second-order valence-electron chi connectivity index (χ2n) is 6.54. The molecule has 2 heterocycles. The summed E-state index contributed by atoms with van der Waals surface area (Å²) < 4.78 is 1.77. The van der Waals surface area contributed by atoms with Gasteiger partial charge in [-0.15, -0.1) is 0 Å². The highest BCUT2D eigenvalue weighted by atomic mass is 16.3. The summed E-state index contributed by atoms with van der Waals surface area (Å²) in [4.78, 5) is 20.5. The number of aromatic nitrogens is 2. The number of carbonyl (C=O) groups is 1. The second-order valence-corrected chi connectivity index (χ2v) is 6.54. The lowest BCUT2D eigenvalue weighted by molar-refractivity contribution is -0.137. The summed E-state index contributed by atoms with van der Waals surface area (Å²) >= 11 is 0. The second kappa shape index (κ2) is 6.79. The maximum Gasteiger partial charge on any atom is 0.242 e. The molecule has 0 spiro atoms. The van der Waals surface area contributed by atoms with Crippen molar-refractivity contribution < 1.29 is 9.90 Å². The molecule has 1 saturated carbocycles. The van der Waals surface area contributed by atoms with Gasteiger partial charge in [0.2, 0.25) is 5.91 Å². The molecule has 1 amide bonds. The molecular formula is C16H26N4O2. The lowest BCUT2D eigenvalue weighted by Gasteiger charge is -2.43. The molecule has 1 aromatic rings. The van der Waals surface area contributed by atoms with E-state index < -0.39 is 6.10 Å². The lowest BCUT2D eigenvalue weighted by Crippen LogP contribution is -2.56. The number of aliphatic hydroxyl groups is 1. The van der Waals surface area contributed by atoms with Crippen LogP contribution < -0.4 is 0 Å². The summed E-state index contributed by atoms with van der Waals surface area (Å²) in [6.07, 6.45) is 10.1. The van der Waals surface area contributed by atoms with Gasteiger partial charge in [-0.05, 0) is 45.2 Å². The molecule has 22 heavy (non-hydrogen) atoms. The maximum absolute atomic E-state index is 12.4. The number of rotatable bonds is 4. The first kappa shape index (κ1) is 15.5. The van der Waals surface area contributed by atoms with Crippen LogP contribution in [0.25, 0.3) is 0 Å². The number of nitrogens with zero attached hydrogens (tertiary/aromatic N) is 4. The Morgan fingerprint density at radius 3 is 2.77 bits per heavy atom. The molecule has 0 aromatic carbocycles. The van der Waals surface area contributed by atoms with Gasteiger partial charge in [0.25, 0.3) is 0 Å². The van der Waals surface area contributed by atoms with Gasteiger partial charge in [-0.2, -0.15) is 0 Å². The van der Waals surface area contributed by atoms with Crippen LogP contribution in [0, 0.1) is 0 Å². The van der Waals surface area contributed by atoms with Crippen molar-refractivity contribution in [2.75, 3.05) is 20.1 Å². The van der Waals surface area contributed by atoms with E-state index in [9.17, 15) is 9.90 Å². The lowest BCUT2D eigenvalue weighted by atomic mass is 9.86. The third-order valence-corrected chi connectivity index (χ3v) is 5.17. The van der Waals surface area contributed by atoms with E-state index in [1.165, 1.54) is 12.8 Å². The summed E-state index contributed by atoms with van der Waals surface area (Å²) in [6, 6.07) is 0.139. The number of hydrogen-bond acceptors (Lipinski definition) is 4. The van der Waals surface area contributed by atoms with E-state index in [1.807, 2.05) is 7.05 Å². The molecule has 0 bridgehead atoms. The standard InChI is InChI=1S/C16H26N4O2/c1-18(15(21)11-19-10-7-17-12-19)13-5-4-6-14(16(13)22)20-8-2-3-9-20/h7,10,12-14,16,22H,2-6,8-9,11H2,1H3/t13-,14-,16-/m1/s1. The summed E-state index contributed by atoms with van der Waals surface area (Å²) in [5, 5.41) is 10.8. The van der Waals surface area contributed by atoms with E-state index in [2.05, 4.69) is 9.88 Å². The monoisotopic (exact) mass is 306 g/mol. The van der Waals surface area contributed by atoms with Gasteiger partial charge in [0.05, 0.1) is 18.5 Å². The van der Waals surface area contributed by atoms with Gasteiger partial charge in [-0.1, -0.05) is 0 Å². The largest absolute Gasteiger partial charge is 0.389 e. The van der Waals surface area contributed by atoms with Crippen LogP contribution in [-0.2, 0) is 11.3 Å². The molecule has 0 unspecified atom stereocenters. The Hall–Kier alpha value is -1.40. The van der Waals surface area contributed by atoms with E-state index in [-0.39, 0.29) is 24.5 Å². The Labute approximate surface area is 131 Å². The molecule has 1 aliphatic heterocycles. The summed E-state index contributed by atoms with van der Waals surface area (Å²) in [6.45, 7) is 2.45. The number of amides is 1. The van der Waals surface area contributed by atoms with E-state index >= 15 is 0 Å². The van der Waals surface area contributed by atoms with Gasteiger partial charge in [-0.25, -0.2) is 4.98 Å². The first-order valence-corrected chi connectivity index (χ1v) is 8.30. The molecular weight excluding hydrogens is 280 g/mol. The van der Waals surface area contributed by atoms with Gasteiger partial charge in [0.1, 0.15) is 6.54 Å². The van der Waals surface area contributed by atoms with Crippen molar-refractivity contribution in [1.82, 2.24) is 19.4 Å². The average molecular weight is 306 g/mol. The van der Waals surface area contributed by atoms with Gasteiger partial charge in [0, 0.05) is 25.5 Å². The minimum atomic E-state index is -0.441. The fourth-order valence-corrected chi connectivity index (χ4v) is 3.86. The normalized spacial score (nSPS) is 29.6. The van der Waals surface area contributed by atoms with Crippen molar-refractivity contribution in [3.63, 3.8) is 0 Å². The van der Waals surface area contributed by atoms with Crippen LogP contribution in [-0.4, -0.2) is 68.7 Å². The van der Waals surface area contributed by atoms with Crippen LogP contribution in [0.4, 0.5) is 0 Å². The molecule has 1 aromatic heterocycles. The van der Waals surface area contributed by atoms with Crippen LogP contribution in [0.1, 0.15) is 32.1 Å². The molecule has 1 N–H and O–H groups in total. The van der Waals surface area contributed by atoms with Gasteiger partial charge in [-0.3, -0.25) is 9.69 Å². The molecule has 6 heteroatoms. The number of carbonyl (C=O) groups excluding carboxylic acids is 1. The number of imidazole rings is 1. The smallest absolute Gasteiger partial charge is 0.242 e. The van der Waals surface area contributed by atoms with E-state index in [0.29, 0.717) is 0 Å². The summed E-state index contributed by atoms with van der Waals surface area (Å²) in [5.41, 5.74) is 0. The molecule has 122 valence electrons. The quantitative estimate of drug-likeness (QED) is 0.890.